The van der Waals surface area contributed by atoms with Gasteiger partial charge in [0.05, 0.1) is 12.1 Å². The molecule has 2 heteroatoms. The van der Waals surface area contributed by atoms with Crippen LogP contribution in [0, 0.1) is 0 Å². The first-order valence-electron chi connectivity index (χ1n) is 5.03. The van der Waals surface area contributed by atoms with Crippen LogP contribution in [-0.2, 0) is 4.74 Å². The van der Waals surface area contributed by atoms with E-state index >= 15 is 0 Å². The molecule has 1 atom stereocenters. The summed E-state index contributed by atoms with van der Waals surface area (Å²) < 4.78 is 5.70. The minimum Gasteiger partial charge on any atom is -0.493 e. The van der Waals surface area contributed by atoms with Crippen molar-refractivity contribution in [2.75, 3.05) is 0 Å². The van der Waals surface area contributed by atoms with E-state index in [9.17, 15) is 0 Å². The molecule has 0 fully saturated rings. The zero-order chi connectivity index (χ0) is 9.68. The molecule has 2 nitrogen and oxygen atoms in total. The van der Waals surface area contributed by atoms with E-state index < -0.39 is 0 Å². The first kappa shape index (κ1) is 10.2. The van der Waals surface area contributed by atoms with E-state index in [0.29, 0.717) is 6.04 Å². The minimum atomic E-state index is 0.263. The summed E-state index contributed by atoms with van der Waals surface area (Å²) in [6.45, 7) is 6.30. The molecule has 0 saturated carbocycles. The molecule has 0 amide bonds. The lowest BCUT2D eigenvalue weighted by Gasteiger charge is -2.24. The van der Waals surface area contributed by atoms with Gasteiger partial charge in [-0.15, -0.1) is 0 Å². The Morgan fingerprint density at radius 2 is 2.31 bits per heavy atom. The lowest BCUT2D eigenvalue weighted by Crippen LogP contribution is -2.30. The first-order valence-corrected chi connectivity index (χ1v) is 5.03. The van der Waals surface area contributed by atoms with Gasteiger partial charge in [0, 0.05) is 0 Å². The van der Waals surface area contributed by atoms with Crippen LogP contribution in [0.4, 0.5) is 0 Å². The Balaban J connectivity index is 2.54. The van der Waals surface area contributed by atoms with E-state index in [0.717, 1.165) is 12.2 Å². The van der Waals surface area contributed by atoms with Crippen molar-refractivity contribution in [2.24, 2.45) is 0 Å². The quantitative estimate of drug-likeness (QED) is 0.719. The summed E-state index contributed by atoms with van der Waals surface area (Å²) in [6, 6.07) is 0.373. The number of hydrogen-bond donors (Lipinski definition) is 1. The SMILES string of the molecule is CCCC1NC=CC=C1OC(C)C. The number of hydrogen-bond acceptors (Lipinski definition) is 2. The third kappa shape index (κ3) is 3.13. The Morgan fingerprint density at radius 3 is 2.92 bits per heavy atom. The molecule has 0 bridgehead atoms. The minimum absolute atomic E-state index is 0.263. The molecule has 1 rings (SSSR count). The number of allylic oxidation sites excluding steroid dienone is 2. The van der Waals surface area contributed by atoms with Crippen molar-refractivity contribution >= 4 is 0 Å². The van der Waals surface area contributed by atoms with Gasteiger partial charge in [0.15, 0.2) is 0 Å². The maximum atomic E-state index is 5.70. The second-order valence-corrected chi connectivity index (χ2v) is 3.60. The Morgan fingerprint density at radius 1 is 1.54 bits per heavy atom. The molecule has 0 saturated heterocycles. The second-order valence-electron chi connectivity index (χ2n) is 3.60. The van der Waals surface area contributed by atoms with Gasteiger partial charge in [-0.1, -0.05) is 13.3 Å². The van der Waals surface area contributed by atoms with Crippen molar-refractivity contribution in [2.45, 2.75) is 45.8 Å². The van der Waals surface area contributed by atoms with Crippen molar-refractivity contribution in [1.29, 1.82) is 0 Å². The fourth-order valence-electron chi connectivity index (χ4n) is 1.42. The number of rotatable bonds is 4. The smallest absolute Gasteiger partial charge is 0.119 e. The molecule has 0 aromatic carbocycles. The highest BCUT2D eigenvalue weighted by Crippen LogP contribution is 2.15. The summed E-state index contributed by atoms with van der Waals surface area (Å²) in [6.07, 6.45) is 8.58. The van der Waals surface area contributed by atoms with Crippen LogP contribution in [0.3, 0.4) is 0 Å². The van der Waals surface area contributed by atoms with Crippen molar-refractivity contribution in [3.63, 3.8) is 0 Å². The number of nitrogens with one attached hydrogen (secondary N) is 1. The molecule has 1 N–H and O–H groups in total. The van der Waals surface area contributed by atoms with Crippen LogP contribution in [0.1, 0.15) is 33.6 Å². The second kappa shape index (κ2) is 4.95. The van der Waals surface area contributed by atoms with Gasteiger partial charge >= 0.3 is 0 Å². The molecule has 0 aromatic rings. The Kier molecular flexibility index (Phi) is 3.87. The first-order chi connectivity index (χ1) is 6.24. The Labute approximate surface area is 80.7 Å². The zero-order valence-electron chi connectivity index (χ0n) is 8.71. The van der Waals surface area contributed by atoms with E-state index in [4.69, 9.17) is 4.74 Å². The summed E-state index contributed by atoms with van der Waals surface area (Å²) in [5, 5.41) is 3.30. The summed E-state index contributed by atoms with van der Waals surface area (Å²) in [5.74, 6) is 1.07. The molecule has 0 aliphatic carbocycles. The molecule has 13 heavy (non-hydrogen) atoms. The zero-order valence-corrected chi connectivity index (χ0v) is 8.71. The van der Waals surface area contributed by atoms with Crippen LogP contribution >= 0.6 is 0 Å². The Hall–Kier alpha value is -0.920. The summed E-state index contributed by atoms with van der Waals surface area (Å²) in [4.78, 5) is 0. The highest BCUT2D eigenvalue weighted by Gasteiger charge is 2.15. The molecular formula is C11H19NO. The largest absolute Gasteiger partial charge is 0.493 e. The van der Waals surface area contributed by atoms with Gasteiger partial charge in [0.25, 0.3) is 0 Å². The average Bonchev–Trinajstić information content (AvgIpc) is 2.08. The van der Waals surface area contributed by atoms with Gasteiger partial charge < -0.3 is 10.1 Å². The molecule has 1 aliphatic heterocycles. The summed E-state index contributed by atoms with van der Waals surface area (Å²) in [7, 11) is 0. The van der Waals surface area contributed by atoms with Crippen molar-refractivity contribution < 1.29 is 4.74 Å². The van der Waals surface area contributed by atoms with Crippen molar-refractivity contribution in [3.8, 4) is 0 Å². The van der Waals surface area contributed by atoms with Crippen molar-refractivity contribution in [1.82, 2.24) is 5.32 Å². The number of dihydropyridines is 1. The lowest BCUT2D eigenvalue weighted by atomic mass is 10.1. The third-order valence-corrected chi connectivity index (χ3v) is 1.95. The topological polar surface area (TPSA) is 21.3 Å². The summed E-state index contributed by atoms with van der Waals surface area (Å²) in [5.41, 5.74) is 0. The normalized spacial score (nSPS) is 21.2. The molecule has 0 spiro atoms. The van der Waals surface area contributed by atoms with Gasteiger partial charge in [-0.05, 0) is 38.6 Å². The van der Waals surface area contributed by atoms with Gasteiger partial charge in [0.2, 0.25) is 0 Å². The molecule has 1 aliphatic rings. The van der Waals surface area contributed by atoms with E-state index in [1.165, 1.54) is 6.42 Å². The van der Waals surface area contributed by atoms with Crippen molar-refractivity contribution in [3.05, 3.63) is 24.1 Å². The molecule has 74 valence electrons. The molecule has 0 radical (unpaired) electrons. The summed E-state index contributed by atoms with van der Waals surface area (Å²) >= 11 is 0. The lowest BCUT2D eigenvalue weighted by molar-refractivity contribution is 0.126. The highest BCUT2D eigenvalue weighted by molar-refractivity contribution is 5.18. The van der Waals surface area contributed by atoms with Crippen LogP contribution in [0.5, 0.6) is 0 Å². The molecule has 1 unspecified atom stereocenters. The maximum absolute atomic E-state index is 5.70. The maximum Gasteiger partial charge on any atom is 0.119 e. The third-order valence-electron chi connectivity index (χ3n) is 1.95. The van der Waals surface area contributed by atoms with Crippen LogP contribution in [0.15, 0.2) is 24.1 Å². The van der Waals surface area contributed by atoms with E-state index in [-0.39, 0.29) is 6.10 Å². The van der Waals surface area contributed by atoms with Crippen LogP contribution in [-0.4, -0.2) is 12.1 Å². The predicted octanol–water partition coefficient (Wildman–Crippen LogP) is 2.58. The Bertz CT molecular complexity index is 206. The van der Waals surface area contributed by atoms with E-state index in [1.54, 1.807) is 0 Å². The fraction of sp³-hybridized carbons (Fsp3) is 0.636. The van der Waals surface area contributed by atoms with Crippen LogP contribution < -0.4 is 5.32 Å². The molecule has 1 heterocycles. The van der Waals surface area contributed by atoms with E-state index in [2.05, 4.69) is 32.2 Å². The van der Waals surface area contributed by atoms with Crippen LogP contribution in [0.2, 0.25) is 0 Å². The van der Waals surface area contributed by atoms with Gasteiger partial charge in [-0.2, -0.15) is 0 Å². The highest BCUT2D eigenvalue weighted by atomic mass is 16.5. The van der Waals surface area contributed by atoms with E-state index in [1.807, 2.05) is 12.3 Å². The van der Waals surface area contributed by atoms with Gasteiger partial charge in [-0.3, -0.25) is 0 Å². The average molecular weight is 181 g/mol. The van der Waals surface area contributed by atoms with Gasteiger partial charge in [0.1, 0.15) is 5.76 Å². The fourth-order valence-corrected chi connectivity index (χ4v) is 1.42. The monoisotopic (exact) mass is 181 g/mol. The molecule has 0 aromatic heterocycles. The van der Waals surface area contributed by atoms with Crippen LogP contribution in [0.25, 0.3) is 0 Å². The molecular weight excluding hydrogens is 162 g/mol. The standard InChI is InChI=1S/C11H19NO/c1-4-6-10-11(13-9(2)3)7-5-8-12-10/h5,7-10,12H,4,6H2,1-3H3. The number of ether oxygens (including phenoxy) is 1. The van der Waals surface area contributed by atoms with Gasteiger partial charge in [-0.25, -0.2) is 0 Å². The predicted molar refractivity (Wildman–Crippen MR) is 55.3 cm³/mol.